The number of nitriles is 1. The molecule has 0 aliphatic carbocycles. The Morgan fingerprint density at radius 1 is 1.33 bits per heavy atom. The lowest BCUT2D eigenvalue weighted by Crippen LogP contribution is -2.37. The third kappa shape index (κ3) is 4.03. The van der Waals surface area contributed by atoms with Crippen molar-refractivity contribution in [1.29, 1.82) is 5.26 Å². The van der Waals surface area contributed by atoms with Crippen molar-refractivity contribution in [2.24, 2.45) is 0 Å². The molecule has 0 aliphatic heterocycles. The average Bonchev–Trinajstić information content (AvgIpc) is 2.57. The minimum absolute atomic E-state index is 0.0257. The van der Waals surface area contributed by atoms with E-state index in [4.69, 9.17) is 21.6 Å². The Labute approximate surface area is 145 Å². The molecule has 0 N–H and O–H groups in total. The topological polar surface area (TPSA) is 53.3 Å². The molecule has 6 heteroatoms. The third-order valence-electron chi connectivity index (χ3n) is 3.49. The highest BCUT2D eigenvalue weighted by Gasteiger charge is 2.22. The summed E-state index contributed by atoms with van der Waals surface area (Å²) in [5.41, 5.74) is 0.594. The molecule has 0 spiro atoms. The number of nitrogens with zero attached hydrogens (tertiary/aromatic N) is 2. The van der Waals surface area contributed by atoms with Crippen LogP contribution in [-0.4, -0.2) is 24.0 Å². The number of carbonyl (C=O) groups is 1. The molecular weight excluding hydrogens is 331 g/mol. The number of halogens is 2. The molecule has 0 fully saturated rings. The van der Waals surface area contributed by atoms with Gasteiger partial charge >= 0.3 is 0 Å². The van der Waals surface area contributed by atoms with Crippen LogP contribution in [0.4, 0.5) is 4.39 Å². The number of carbonyl (C=O) groups excluding carboxylic acids is 1. The standard InChI is InChI=1S/C18H16ClFN2O2/c1-12(24-17-9-4-3-6-13(17)10-21)18(23)22(2)11-14-15(19)7-5-8-16(14)20/h3-9,12H,11H2,1-2H3. The molecule has 2 aromatic carbocycles. The van der Waals surface area contributed by atoms with Crippen molar-refractivity contribution in [1.82, 2.24) is 4.90 Å². The zero-order valence-electron chi connectivity index (χ0n) is 13.3. The van der Waals surface area contributed by atoms with Crippen molar-refractivity contribution >= 4 is 17.5 Å². The number of hydrogen-bond acceptors (Lipinski definition) is 3. The molecule has 0 bridgehead atoms. The minimum Gasteiger partial charge on any atom is -0.480 e. The Morgan fingerprint density at radius 3 is 2.71 bits per heavy atom. The normalized spacial score (nSPS) is 11.5. The van der Waals surface area contributed by atoms with Crippen molar-refractivity contribution < 1.29 is 13.9 Å². The molecule has 1 unspecified atom stereocenters. The van der Waals surface area contributed by atoms with Gasteiger partial charge in [-0.3, -0.25) is 4.79 Å². The molecule has 0 aliphatic rings. The average molecular weight is 347 g/mol. The molecule has 1 atom stereocenters. The zero-order valence-corrected chi connectivity index (χ0v) is 14.0. The quantitative estimate of drug-likeness (QED) is 0.828. The maximum absolute atomic E-state index is 13.8. The van der Waals surface area contributed by atoms with Gasteiger partial charge in [-0.2, -0.15) is 5.26 Å². The summed E-state index contributed by atoms with van der Waals surface area (Å²) >= 11 is 5.98. The van der Waals surface area contributed by atoms with E-state index in [0.717, 1.165) is 0 Å². The van der Waals surface area contributed by atoms with Crippen LogP contribution in [0.2, 0.25) is 5.02 Å². The number of benzene rings is 2. The monoisotopic (exact) mass is 346 g/mol. The van der Waals surface area contributed by atoms with Gasteiger partial charge in [-0.05, 0) is 31.2 Å². The highest BCUT2D eigenvalue weighted by molar-refractivity contribution is 6.31. The predicted octanol–water partition coefficient (Wildman–Crippen LogP) is 3.78. The van der Waals surface area contributed by atoms with E-state index in [2.05, 4.69) is 0 Å². The molecule has 0 heterocycles. The van der Waals surface area contributed by atoms with E-state index in [0.29, 0.717) is 11.3 Å². The second-order valence-electron chi connectivity index (χ2n) is 5.26. The number of rotatable bonds is 5. The highest BCUT2D eigenvalue weighted by Crippen LogP contribution is 2.22. The molecule has 24 heavy (non-hydrogen) atoms. The van der Waals surface area contributed by atoms with Gasteiger partial charge < -0.3 is 9.64 Å². The van der Waals surface area contributed by atoms with E-state index in [1.54, 1.807) is 44.3 Å². The summed E-state index contributed by atoms with van der Waals surface area (Å²) in [5, 5.41) is 9.32. The Bertz CT molecular complexity index is 769. The Morgan fingerprint density at radius 2 is 2.04 bits per heavy atom. The van der Waals surface area contributed by atoms with E-state index in [1.807, 2.05) is 6.07 Å². The van der Waals surface area contributed by atoms with Crippen LogP contribution in [0, 0.1) is 17.1 Å². The SMILES string of the molecule is CC(Oc1ccccc1C#N)C(=O)N(C)Cc1c(F)cccc1Cl. The lowest BCUT2D eigenvalue weighted by Gasteiger charge is -2.23. The maximum atomic E-state index is 13.8. The van der Waals surface area contributed by atoms with Crippen molar-refractivity contribution in [2.45, 2.75) is 19.6 Å². The van der Waals surface area contributed by atoms with Gasteiger partial charge in [0, 0.05) is 24.2 Å². The molecule has 0 saturated carbocycles. The second-order valence-corrected chi connectivity index (χ2v) is 5.67. The first kappa shape index (κ1) is 17.8. The van der Waals surface area contributed by atoms with Crippen molar-refractivity contribution in [2.75, 3.05) is 7.05 Å². The number of hydrogen-bond donors (Lipinski definition) is 0. The first-order valence-electron chi connectivity index (χ1n) is 7.27. The number of ether oxygens (including phenoxy) is 1. The van der Waals surface area contributed by atoms with E-state index in [1.165, 1.54) is 17.0 Å². The van der Waals surface area contributed by atoms with Crippen LogP contribution in [0.3, 0.4) is 0 Å². The molecule has 124 valence electrons. The van der Waals surface area contributed by atoms with Crippen LogP contribution in [0.25, 0.3) is 0 Å². The van der Waals surface area contributed by atoms with Crippen LogP contribution in [0.1, 0.15) is 18.1 Å². The van der Waals surface area contributed by atoms with Crippen molar-refractivity contribution in [3.63, 3.8) is 0 Å². The molecule has 0 saturated heterocycles. The third-order valence-corrected chi connectivity index (χ3v) is 3.85. The van der Waals surface area contributed by atoms with Crippen molar-refractivity contribution in [3.05, 3.63) is 64.4 Å². The second kappa shape index (κ2) is 7.80. The van der Waals surface area contributed by atoms with Gasteiger partial charge in [-0.25, -0.2) is 4.39 Å². The lowest BCUT2D eigenvalue weighted by molar-refractivity contribution is -0.137. The predicted molar refractivity (Wildman–Crippen MR) is 89.1 cm³/mol. The van der Waals surface area contributed by atoms with Crippen LogP contribution < -0.4 is 4.74 Å². The van der Waals surface area contributed by atoms with Gasteiger partial charge in [0.25, 0.3) is 5.91 Å². The Kier molecular flexibility index (Phi) is 5.78. The fourth-order valence-corrected chi connectivity index (χ4v) is 2.43. The Balaban J connectivity index is 2.09. The number of amides is 1. The molecule has 4 nitrogen and oxygen atoms in total. The smallest absolute Gasteiger partial charge is 0.263 e. The fourth-order valence-electron chi connectivity index (χ4n) is 2.21. The van der Waals surface area contributed by atoms with Gasteiger partial charge in [0.15, 0.2) is 6.10 Å². The van der Waals surface area contributed by atoms with Crippen LogP contribution in [0.5, 0.6) is 5.75 Å². The first-order chi connectivity index (χ1) is 11.4. The maximum Gasteiger partial charge on any atom is 0.263 e. The lowest BCUT2D eigenvalue weighted by atomic mass is 10.2. The molecular formula is C18H16ClFN2O2. The van der Waals surface area contributed by atoms with E-state index < -0.39 is 11.9 Å². The Hall–Kier alpha value is -2.58. The van der Waals surface area contributed by atoms with E-state index in [-0.39, 0.29) is 23.0 Å². The highest BCUT2D eigenvalue weighted by atomic mass is 35.5. The van der Waals surface area contributed by atoms with Gasteiger partial charge in [0.2, 0.25) is 0 Å². The molecule has 2 rings (SSSR count). The summed E-state index contributed by atoms with van der Waals surface area (Å²) in [6.45, 7) is 1.61. The number of likely N-dealkylation sites (N-methyl/N-ethyl adjacent to an activating group) is 1. The van der Waals surface area contributed by atoms with Gasteiger partial charge in [0.05, 0.1) is 5.56 Å². The molecule has 0 aromatic heterocycles. The summed E-state index contributed by atoms with van der Waals surface area (Å²) in [5.74, 6) is -0.481. The fraction of sp³-hybridized carbons (Fsp3) is 0.222. The summed E-state index contributed by atoms with van der Waals surface area (Å²) < 4.78 is 19.4. The summed E-state index contributed by atoms with van der Waals surface area (Å²) in [4.78, 5) is 13.8. The first-order valence-corrected chi connectivity index (χ1v) is 7.65. The van der Waals surface area contributed by atoms with Crippen molar-refractivity contribution in [3.8, 4) is 11.8 Å². The summed E-state index contributed by atoms with van der Waals surface area (Å²) in [7, 11) is 1.54. The molecule has 2 aromatic rings. The minimum atomic E-state index is -0.824. The molecule has 0 radical (unpaired) electrons. The van der Waals surface area contributed by atoms with E-state index >= 15 is 0 Å². The largest absolute Gasteiger partial charge is 0.480 e. The summed E-state index contributed by atoms with van der Waals surface area (Å²) in [6.07, 6.45) is -0.824. The number of para-hydroxylation sites is 1. The molecule has 1 amide bonds. The van der Waals surface area contributed by atoms with E-state index in [9.17, 15) is 9.18 Å². The van der Waals surface area contributed by atoms with Crippen LogP contribution >= 0.6 is 11.6 Å². The summed E-state index contributed by atoms with van der Waals surface area (Å²) in [6, 6.07) is 13.0. The zero-order chi connectivity index (χ0) is 17.7. The van der Waals surface area contributed by atoms with Gasteiger partial charge in [0.1, 0.15) is 17.6 Å². The van der Waals surface area contributed by atoms with Crippen LogP contribution in [-0.2, 0) is 11.3 Å². The van der Waals surface area contributed by atoms with Gasteiger partial charge in [-0.1, -0.05) is 29.8 Å². The van der Waals surface area contributed by atoms with Crippen LogP contribution in [0.15, 0.2) is 42.5 Å². The van der Waals surface area contributed by atoms with Gasteiger partial charge in [-0.15, -0.1) is 0 Å².